The number of carbonyl (C=O) groups excluding carboxylic acids is 1. The average Bonchev–Trinajstić information content (AvgIpc) is 3.01. The van der Waals surface area contributed by atoms with Crippen molar-refractivity contribution in [2.24, 2.45) is 0 Å². The van der Waals surface area contributed by atoms with E-state index in [2.05, 4.69) is 10.6 Å². The Hall–Kier alpha value is -2.18. The lowest BCUT2D eigenvalue weighted by molar-refractivity contribution is 0.233. The molecule has 0 radical (unpaired) electrons. The summed E-state index contributed by atoms with van der Waals surface area (Å²) in [5.74, 6) is 1.22. The van der Waals surface area contributed by atoms with Gasteiger partial charge in [0.1, 0.15) is 5.76 Å². The van der Waals surface area contributed by atoms with Crippen LogP contribution in [0.15, 0.2) is 41.0 Å². The number of rotatable bonds is 6. The molecule has 0 saturated carbocycles. The summed E-state index contributed by atoms with van der Waals surface area (Å²) in [6, 6.07) is 8.46. The molecule has 2 rings (SSSR count). The molecule has 1 aromatic heterocycles. The van der Waals surface area contributed by atoms with E-state index in [1.807, 2.05) is 31.1 Å². The number of benzene rings is 1. The first-order valence-electron chi connectivity index (χ1n) is 7.10. The van der Waals surface area contributed by atoms with Crippen molar-refractivity contribution >= 4 is 23.3 Å². The molecular formula is C16H20ClN3O3. The van der Waals surface area contributed by atoms with Crippen LogP contribution in [0.1, 0.15) is 11.8 Å². The normalized spacial score (nSPS) is 12.0. The van der Waals surface area contributed by atoms with Crippen LogP contribution in [0.2, 0.25) is 5.02 Å². The monoisotopic (exact) mass is 337 g/mol. The van der Waals surface area contributed by atoms with Crippen molar-refractivity contribution in [1.82, 2.24) is 10.2 Å². The summed E-state index contributed by atoms with van der Waals surface area (Å²) in [5.41, 5.74) is 0.511. The predicted octanol–water partition coefficient (Wildman–Crippen LogP) is 3.37. The molecule has 23 heavy (non-hydrogen) atoms. The number of halogens is 1. The average molecular weight is 338 g/mol. The minimum Gasteiger partial charge on any atom is -0.493 e. The van der Waals surface area contributed by atoms with Crippen LogP contribution >= 0.6 is 11.6 Å². The summed E-state index contributed by atoms with van der Waals surface area (Å²) in [6.07, 6.45) is 1.61. The Morgan fingerprint density at radius 1 is 1.35 bits per heavy atom. The highest BCUT2D eigenvalue weighted by Gasteiger charge is 2.18. The molecule has 0 bridgehead atoms. The highest BCUT2D eigenvalue weighted by atomic mass is 35.5. The predicted molar refractivity (Wildman–Crippen MR) is 90.2 cm³/mol. The van der Waals surface area contributed by atoms with E-state index < -0.39 is 0 Å². The lowest BCUT2D eigenvalue weighted by Crippen LogP contribution is -2.36. The SMILES string of the molecule is COc1c(Cl)cccc1NC(=O)NCC(c1ccco1)N(C)C. The Bertz CT molecular complexity index is 644. The molecule has 0 aliphatic carbocycles. The zero-order valence-corrected chi connectivity index (χ0v) is 14.1. The molecule has 2 N–H and O–H groups in total. The number of methoxy groups -OCH3 is 1. The maximum atomic E-state index is 12.1. The summed E-state index contributed by atoms with van der Waals surface area (Å²) in [6.45, 7) is 0.398. The molecule has 1 unspecified atom stereocenters. The second-order valence-corrected chi connectivity index (χ2v) is 5.56. The third kappa shape index (κ3) is 4.40. The van der Waals surface area contributed by atoms with Crippen LogP contribution in [-0.4, -0.2) is 38.7 Å². The van der Waals surface area contributed by atoms with E-state index in [0.29, 0.717) is 23.0 Å². The Balaban J connectivity index is 1.98. The minimum atomic E-state index is -0.344. The van der Waals surface area contributed by atoms with Gasteiger partial charge in [-0.3, -0.25) is 4.90 Å². The van der Waals surface area contributed by atoms with Crippen molar-refractivity contribution in [2.45, 2.75) is 6.04 Å². The van der Waals surface area contributed by atoms with Gasteiger partial charge in [0.15, 0.2) is 5.75 Å². The fourth-order valence-corrected chi connectivity index (χ4v) is 2.44. The van der Waals surface area contributed by atoms with E-state index in [1.165, 1.54) is 7.11 Å². The van der Waals surface area contributed by atoms with E-state index in [9.17, 15) is 4.79 Å². The van der Waals surface area contributed by atoms with Crippen LogP contribution in [0.25, 0.3) is 0 Å². The van der Waals surface area contributed by atoms with Crippen molar-refractivity contribution in [3.63, 3.8) is 0 Å². The standard InChI is InChI=1S/C16H20ClN3O3/c1-20(2)13(14-8-5-9-23-14)10-18-16(21)19-12-7-4-6-11(17)15(12)22-3/h4-9,13H,10H2,1-3H3,(H2,18,19,21). The van der Waals surface area contributed by atoms with Crippen molar-refractivity contribution in [3.05, 3.63) is 47.4 Å². The number of likely N-dealkylation sites (N-methyl/N-ethyl adjacent to an activating group) is 1. The van der Waals surface area contributed by atoms with Gasteiger partial charge in [-0.25, -0.2) is 4.79 Å². The zero-order chi connectivity index (χ0) is 16.8. The summed E-state index contributed by atoms with van der Waals surface area (Å²) in [4.78, 5) is 14.1. The van der Waals surface area contributed by atoms with Gasteiger partial charge in [0.25, 0.3) is 0 Å². The van der Waals surface area contributed by atoms with Crippen molar-refractivity contribution in [1.29, 1.82) is 0 Å². The molecule has 2 amide bonds. The molecule has 0 saturated heterocycles. The quantitative estimate of drug-likeness (QED) is 0.848. The summed E-state index contributed by atoms with van der Waals surface area (Å²) in [5, 5.41) is 5.99. The molecule has 124 valence electrons. The largest absolute Gasteiger partial charge is 0.493 e. The number of hydrogen-bond acceptors (Lipinski definition) is 4. The second-order valence-electron chi connectivity index (χ2n) is 5.15. The molecule has 0 aliphatic heterocycles. The molecular weight excluding hydrogens is 318 g/mol. The molecule has 0 fully saturated rings. The minimum absolute atomic E-state index is 0.0583. The van der Waals surface area contributed by atoms with Gasteiger partial charge in [0, 0.05) is 6.54 Å². The van der Waals surface area contributed by atoms with Gasteiger partial charge in [-0.2, -0.15) is 0 Å². The van der Waals surface area contributed by atoms with E-state index >= 15 is 0 Å². The number of anilines is 1. The number of para-hydroxylation sites is 1. The first-order valence-corrected chi connectivity index (χ1v) is 7.48. The Morgan fingerprint density at radius 3 is 2.74 bits per heavy atom. The molecule has 1 atom stereocenters. The van der Waals surface area contributed by atoms with Crippen molar-refractivity contribution < 1.29 is 13.9 Å². The second kappa shape index (κ2) is 7.89. The van der Waals surface area contributed by atoms with Crippen LogP contribution in [0.5, 0.6) is 5.75 Å². The molecule has 6 nitrogen and oxygen atoms in total. The Morgan fingerprint density at radius 2 is 2.13 bits per heavy atom. The number of carbonyl (C=O) groups is 1. The maximum absolute atomic E-state index is 12.1. The van der Waals surface area contributed by atoms with Gasteiger partial charge in [-0.05, 0) is 38.4 Å². The van der Waals surface area contributed by atoms with Crippen molar-refractivity contribution in [3.8, 4) is 5.75 Å². The van der Waals surface area contributed by atoms with E-state index in [4.69, 9.17) is 20.8 Å². The van der Waals surface area contributed by atoms with Gasteiger partial charge in [0.2, 0.25) is 0 Å². The molecule has 7 heteroatoms. The summed E-state index contributed by atoms with van der Waals surface area (Å²) in [7, 11) is 5.35. The lowest BCUT2D eigenvalue weighted by atomic mass is 10.2. The van der Waals surface area contributed by atoms with Crippen molar-refractivity contribution in [2.75, 3.05) is 33.1 Å². The van der Waals surface area contributed by atoms with E-state index in [-0.39, 0.29) is 12.1 Å². The third-order valence-electron chi connectivity index (χ3n) is 3.37. The first-order chi connectivity index (χ1) is 11.0. The number of urea groups is 1. The highest BCUT2D eigenvalue weighted by Crippen LogP contribution is 2.32. The number of ether oxygens (including phenoxy) is 1. The van der Waals surface area contributed by atoms with E-state index in [1.54, 1.807) is 24.5 Å². The highest BCUT2D eigenvalue weighted by molar-refractivity contribution is 6.32. The first kappa shape index (κ1) is 17.2. The smallest absolute Gasteiger partial charge is 0.319 e. The van der Waals surface area contributed by atoms with Crippen LogP contribution in [0.4, 0.5) is 10.5 Å². The van der Waals surface area contributed by atoms with Gasteiger partial charge in [0.05, 0.1) is 30.1 Å². The Labute approximate surface area is 140 Å². The maximum Gasteiger partial charge on any atom is 0.319 e. The van der Waals surface area contributed by atoms with Crippen LogP contribution in [0.3, 0.4) is 0 Å². The lowest BCUT2D eigenvalue weighted by Gasteiger charge is -2.22. The summed E-state index contributed by atoms with van der Waals surface area (Å²) >= 11 is 6.03. The Kier molecular flexibility index (Phi) is 5.90. The van der Waals surface area contributed by atoms with Crippen LogP contribution < -0.4 is 15.4 Å². The molecule has 0 aliphatic rings. The topological polar surface area (TPSA) is 66.7 Å². The number of nitrogens with one attached hydrogen (secondary N) is 2. The van der Waals surface area contributed by atoms with Gasteiger partial charge < -0.3 is 19.8 Å². The van der Waals surface area contributed by atoms with Crippen LogP contribution in [0, 0.1) is 0 Å². The number of nitrogens with zero attached hydrogens (tertiary/aromatic N) is 1. The number of hydrogen-bond donors (Lipinski definition) is 2. The fraction of sp³-hybridized carbons (Fsp3) is 0.312. The van der Waals surface area contributed by atoms with Gasteiger partial charge >= 0.3 is 6.03 Å². The van der Waals surface area contributed by atoms with Gasteiger partial charge in [-0.1, -0.05) is 17.7 Å². The van der Waals surface area contributed by atoms with E-state index in [0.717, 1.165) is 5.76 Å². The number of furan rings is 1. The summed E-state index contributed by atoms with van der Waals surface area (Å²) < 4.78 is 10.6. The third-order valence-corrected chi connectivity index (χ3v) is 3.67. The molecule has 0 spiro atoms. The molecule has 1 aromatic carbocycles. The number of amides is 2. The zero-order valence-electron chi connectivity index (χ0n) is 13.3. The van der Waals surface area contributed by atoms with Crippen LogP contribution in [-0.2, 0) is 0 Å². The van der Waals surface area contributed by atoms with Gasteiger partial charge in [-0.15, -0.1) is 0 Å². The fourth-order valence-electron chi connectivity index (χ4n) is 2.19. The molecule has 1 heterocycles. The molecule has 2 aromatic rings.